The van der Waals surface area contributed by atoms with Crippen LogP contribution in [0.15, 0.2) is 200 Å². The van der Waals surface area contributed by atoms with Crippen LogP contribution in [0.4, 0.5) is 17.1 Å². The maximum absolute atomic E-state index is 5.12. The van der Waals surface area contributed by atoms with Gasteiger partial charge in [0.1, 0.15) is 5.01 Å². The smallest absolute Gasteiger partial charge is 0.124 e. The fourth-order valence-electron chi connectivity index (χ4n) is 8.26. The molecule has 0 atom stereocenters. The van der Waals surface area contributed by atoms with Crippen molar-refractivity contribution >= 4 is 82.0 Å². The third-order valence-electron chi connectivity index (χ3n) is 10.8. The monoisotopic (exact) mass is 719 g/mol. The SMILES string of the molecule is c1ccc(-c2nc3ccc4ccc5ccc(N(c6ccc7c8ccccc8n(-c8ccccc8)c7c6)c6ccccc6-c6ccccc6)cc5c4c3s2)cc1. The number of hydrogen-bond donors (Lipinski definition) is 0. The molecule has 0 amide bonds. The topological polar surface area (TPSA) is 21.1 Å². The average Bonchev–Trinajstić information content (AvgIpc) is 3.84. The lowest BCUT2D eigenvalue weighted by Crippen LogP contribution is -2.11. The molecule has 0 N–H and O–H groups in total. The molecule has 0 unspecified atom stereocenters. The van der Waals surface area contributed by atoms with Gasteiger partial charge in [-0.25, -0.2) is 4.98 Å². The highest BCUT2D eigenvalue weighted by molar-refractivity contribution is 7.22. The van der Waals surface area contributed by atoms with Crippen LogP contribution in [-0.4, -0.2) is 9.55 Å². The predicted molar refractivity (Wildman–Crippen MR) is 235 cm³/mol. The second-order valence-corrected chi connectivity index (χ2v) is 15.0. The van der Waals surface area contributed by atoms with E-state index < -0.39 is 0 Å². The van der Waals surface area contributed by atoms with Gasteiger partial charge in [0.05, 0.1) is 26.9 Å². The molecule has 2 aromatic heterocycles. The molecule has 9 aromatic carbocycles. The number of nitrogens with zero attached hydrogens (tertiary/aromatic N) is 3. The van der Waals surface area contributed by atoms with Crippen LogP contribution >= 0.6 is 11.3 Å². The maximum atomic E-state index is 5.12. The van der Waals surface area contributed by atoms with Gasteiger partial charge in [-0.3, -0.25) is 0 Å². The number of rotatable bonds is 6. The Bertz CT molecular complexity index is 3200. The van der Waals surface area contributed by atoms with E-state index in [4.69, 9.17) is 4.98 Å². The van der Waals surface area contributed by atoms with Crippen molar-refractivity contribution in [3.8, 4) is 27.4 Å². The number of anilines is 3. The van der Waals surface area contributed by atoms with Gasteiger partial charge in [0.2, 0.25) is 0 Å². The van der Waals surface area contributed by atoms with Gasteiger partial charge in [-0.1, -0.05) is 146 Å². The summed E-state index contributed by atoms with van der Waals surface area (Å²) >= 11 is 1.78. The van der Waals surface area contributed by atoms with Crippen molar-refractivity contribution in [3.63, 3.8) is 0 Å². The van der Waals surface area contributed by atoms with E-state index in [1.165, 1.54) is 53.7 Å². The van der Waals surface area contributed by atoms with Gasteiger partial charge in [0.25, 0.3) is 0 Å². The van der Waals surface area contributed by atoms with E-state index >= 15 is 0 Å². The highest BCUT2D eigenvalue weighted by Crippen LogP contribution is 2.45. The van der Waals surface area contributed by atoms with Crippen molar-refractivity contribution < 1.29 is 0 Å². The average molecular weight is 720 g/mol. The van der Waals surface area contributed by atoms with Crippen molar-refractivity contribution in [2.75, 3.05) is 4.90 Å². The molecule has 0 aliphatic heterocycles. The number of hydrogen-bond acceptors (Lipinski definition) is 3. The molecule has 0 aliphatic carbocycles. The fourth-order valence-corrected chi connectivity index (χ4v) is 9.40. The van der Waals surface area contributed by atoms with Crippen LogP contribution in [0.3, 0.4) is 0 Å². The molecule has 258 valence electrons. The molecule has 11 rings (SSSR count). The van der Waals surface area contributed by atoms with E-state index in [9.17, 15) is 0 Å². The van der Waals surface area contributed by atoms with Crippen molar-refractivity contribution in [2.24, 2.45) is 0 Å². The van der Waals surface area contributed by atoms with Crippen molar-refractivity contribution in [1.29, 1.82) is 0 Å². The van der Waals surface area contributed by atoms with Gasteiger partial charge >= 0.3 is 0 Å². The molecule has 2 heterocycles. The predicted octanol–water partition coefficient (Wildman–Crippen LogP) is 14.5. The summed E-state index contributed by atoms with van der Waals surface area (Å²) in [6, 6.07) is 72.2. The Morgan fingerprint density at radius 3 is 1.91 bits per heavy atom. The summed E-state index contributed by atoms with van der Waals surface area (Å²) in [5.41, 5.74) is 11.3. The molecular weight excluding hydrogens is 687 g/mol. The Balaban J connectivity index is 1.19. The van der Waals surface area contributed by atoms with E-state index in [0.29, 0.717) is 0 Å². The summed E-state index contributed by atoms with van der Waals surface area (Å²) in [6.45, 7) is 0. The van der Waals surface area contributed by atoms with E-state index in [1.54, 1.807) is 11.3 Å². The zero-order valence-corrected chi connectivity index (χ0v) is 30.6. The molecule has 3 nitrogen and oxygen atoms in total. The van der Waals surface area contributed by atoms with Crippen LogP contribution in [0.25, 0.3) is 81.0 Å². The van der Waals surface area contributed by atoms with Crippen molar-refractivity contribution in [2.45, 2.75) is 0 Å². The Kier molecular flexibility index (Phi) is 7.35. The Labute approximate surface area is 322 Å². The molecule has 0 bridgehead atoms. The van der Waals surface area contributed by atoms with Gasteiger partial charge in [-0.15, -0.1) is 11.3 Å². The highest BCUT2D eigenvalue weighted by atomic mass is 32.1. The minimum atomic E-state index is 1.03. The number of thiazole rings is 1. The molecule has 0 saturated carbocycles. The first kappa shape index (κ1) is 31.5. The Hall–Kier alpha value is -7.01. The molecule has 0 spiro atoms. The lowest BCUT2D eigenvalue weighted by atomic mass is 9.99. The summed E-state index contributed by atoms with van der Waals surface area (Å²) in [6.07, 6.45) is 0. The molecule has 0 saturated heterocycles. The van der Waals surface area contributed by atoms with E-state index in [0.717, 1.165) is 44.4 Å². The van der Waals surface area contributed by atoms with Crippen LogP contribution < -0.4 is 4.90 Å². The Morgan fingerprint density at radius 1 is 0.455 bits per heavy atom. The normalized spacial score (nSPS) is 11.6. The van der Waals surface area contributed by atoms with Crippen LogP contribution in [0, 0.1) is 0 Å². The van der Waals surface area contributed by atoms with Crippen LogP contribution in [0.2, 0.25) is 0 Å². The van der Waals surface area contributed by atoms with Crippen molar-refractivity contribution in [1.82, 2.24) is 9.55 Å². The van der Waals surface area contributed by atoms with Crippen LogP contribution in [0.1, 0.15) is 0 Å². The van der Waals surface area contributed by atoms with Crippen molar-refractivity contribution in [3.05, 3.63) is 200 Å². The highest BCUT2D eigenvalue weighted by Gasteiger charge is 2.21. The third-order valence-corrected chi connectivity index (χ3v) is 11.9. The van der Waals surface area contributed by atoms with Gasteiger partial charge < -0.3 is 9.47 Å². The minimum absolute atomic E-state index is 1.03. The number of fused-ring (bicyclic) bond motifs is 8. The zero-order valence-electron chi connectivity index (χ0n) is 29.8. The molecule has 0 radical (unpaired) electrons. The molecule has 0 aliphatic rings. The number of aromatic nitrogens is 2. The molecule has 4 heteroatoms. The lowest BCUT2D eigenvalue weighted by Gasteiger charge is -2.28. The minimum Gasteiger partial charge on any atom is -0.310 e. The summed E-state index contributed by atoms with van der Waals surface area (Å²) in [5.74, 6) is 0. The van der Waals surface area contributed by atoms with Gasteiger partial charge in [-0.2, -0.15) is 0 Å². The molecule has 55 heavy (non-hydrogen) atoms. The van der Waals surface area contributed by atoms with Crippen LogP contribution in [-0.2, 0) is 0 Å². The van der Waals surface area contributed by atoms with E-state index in [-0.39, 0.29) is 0 Å². The summed E-state index contributed by atoms with van der Waals surface area (Å²) in [4.78, 5) is 7.56. The number of para-hydroxylation sites is 3. The first-order valence-electron chi connectivity index (χ1n) is 18.6. The maximum Gasteiger partial charge on any atom is 0.124 e. The van der Waals surface area contributed by atoms with E-state index in [1.807, 2.05) is 0 Å². The summed E-state index contributed by atoms with van der Waals surface area (Å²) < 4.78 is 3.61. The first-order valence-corrected chi connectivity index (χ1v) is 19.4. The third kappa shape index (κ3) is 5.22. The largest absolute Gasteiger partial charge is 0.310 e. The second-order valence-electron chi connectivity index (χ2n) is 14.0. The molecular formula is C51H33N3S. The summed E-state index contributed by atoms with van der Waals surface area (Å²) in [7, 11) is 0. The van der Waals surface area contributed by atoms with Gasteiger partial charge in [0.15, 0.2) is 0 Å². The number of benzene rings is 9. The summed E-state index contributed by atoms with van der Waals surface area (Å²) in [5, 5.41) is 8.38. The first-order chi connectivity index (χ1) is 27.3. The quantitative estimate of drug-likeness (QED) is 0.160. The van der Waals surface area contributed by atoms with Gasteiger partial charge in [-0.05, 0) is 76.3 Å². The molecule has 0 fully saturated rings. The zero-order chi connectivity index (χ0) is 36.3. The Morgan fingerprint density at radius 2 is 1.07 bits per heavy atom. The van der Waals surface area contributed by atoms with Gasteiger partial charge in [0, 0.05) is 44.3 Å². The standard InChI is InChI=1S/C51H33N3S/c1-4-14-34(15-5-1)41-20-10-12-22-46(41)53(40-29-30-43-42-21-11-13-23-47(42)54(48(43)33-40)38-18-8-3-9-19-38)39-28-26-35-24-25-36-27-31-45-50(49(36)44(35)32-39)55-51(52-45)37-16-6-2-7-17-37/h1-33H. The van der Waals surface area contributed by atoms with E-state index in [2.05, 4.69) is 210 Å². The lowest BCUT2D eigenvalue weighted by molar-refractivity contribution is 1.18. The second kappa shape index (κ2) is 12.8. The molecule has 11 aromatic rings. The fraction of sp³-hybridized carbons (Fsp3) is 0. The van der Waals surface area contributed by atoms with Crippen LogP contribution in [0.5, 0.6) is 0 Å².